The van der Waals surface area contributed by atoms with Gasteiger partial charge < -0.3 is 4.74 Å². The number of hydrogen-bond acceptors (Lipinski definition) is 3. The van der Waals surface area contributed by atoms with E-state index < -0.39 is 0 Å². The molecule has 0 aromatic carbocycles. The minimum Gasteiger partial charge on any atom is -0.358 e. The van der Waals surface area contributed by atoms with Crippen molar-refractivity contribution in [3.05, 3.63) is 22.4 Å². The van der Waals surface area contributed by atoms with Crippen molar-refractivity contribution in [1.82, 2.24) is 5.32 Å². The fourth-order valence-corrected chi connectivity index (χ4v) is 1.93. The van der Waals surface area contributed by atoms with Gasteiger partial charge in [-0.25, -0.2) is 0 Å². The van der Waals surface area contributed by atoms with Gasteiger partial charge >= 0.3 is 0 Å². The summed E-state index contributed by atoms with van der Waals surface area (Å²) in [5, 5.41) is 5.39. The Morgan fingerprint density at radius 3 is 3.08 bits per heavy atom. The maximum absolute atomic E-state index is 5.52. The summed E-state index contributed by atoms with van der Waals surface area (Å²) in [5.41, 5.74) is 0. The molecule has 1 saturated heterocycles. The van der Waals surface area contributed by atoms with E-state index >= 15 is 0 Å². The average Bonchev–Trinajstić information content (AvgIpc) is 2.58. The lowest BCUT2D eigenvalue weighted by molar-refractivity contribution is 0.00198. The van der Waals surface area contributed by atoms with Crippen LogP contribution in [-0.2, 0) is 4.74 Å². The van der Waals surface area contributed by atoms with Gasteiger partial charge in [0.15, 0.2) is 0 Å². The molecule has 2 nitrogen and oxygen atoms in total. The standard InChI is InChI=1S/C8H11NOS.ClH/c1-3-7(11-6-1)8-9-4-2-5-10-8;/h1,3,6,8-9H,2,4-5H2;1H. The smallest absolute Gasteiger partial charge is 0.143 e. The normalized spacial score (nSPS) is 23.2. The van der Waals surface area contributed by atoms with E-state index in [2.05, 4.69) is 22.8 Å². The highest BCUT2D eigenvalue weighted by molar-refractivity contribution is 7.10. The van der Waals surface area contributed by atoms with Crippen LogP contribution in [-0.4, -0.2) is 13.2 Å². The topological polar surface area (TPSA) is 21.3 Å². The zero-order chi connectivity index (χ0) is 7.52. The molecule has 68 valence electrons. The van der Waals surface area contributed by atoms with Crippen molar-refractivity contribution in [3.8, 4) is 0 Å². The minimum atomic E-state index is 0. The molecule has 1 aromatic rings. The predicted molar refractivity (Wildman–Crippen MR) is 52.9 cm³/mol. The van der Waals surface area contributed by atoms with Crippen molar-refractivity contribution in [2.24, 2.45) is 0 Å². The monoisotopic (exact) mass is 205 g/mol. The number of hydrogen-bond donors (Lipinski definition) is 1. The molecule has 1 atom stereocenters. The first-order valence-corrected chi connectivity index (χ1v) is 4.73. The van der Waals surface area contributed by atoms with E-state index in [1.54, 1.807) is 11.3 Å². The number of rotatable bonds is 1. The van der Waals surface area contributed by atoms with Crippen molar-refractivity contribution >= 4 is 23.7 Å². The quantitative estimate of drug-likeness (QED) is 0.759. The van der Waals surface area contributed by atoms with Crippen LogP contribution in [0, 0.1) is 0 Å². The first kappa shape index (κ1) is 9.99. The molecular formula is C8H12ClNOS. The average molecular weight is 206 g/mol. The zero-order valence-corrected chi connectivity index (χ0v) is 8.29. The SMILES string of the molecule is Cl.c1csc(C2NCCCO2)c1. The van der Waals surface area contributed by atoms with Crippen molar-refractivity contribution in [2.45, 2.75) is 12.6 Å². The molecule has 0 bridgehead atoms. The summed E-state index contributed by atoms with van der Waals surface area (Å²) in [6.07, 6.45) is 1.28. The van der Waals surface area contributed by atoms with E-state index in [0.29, 0.717) is 0 Å². The first-order chi connectivity index (χ1) is 5.47. The van der Waals surface area contributed by atoms with Gasteiger partial charge in [-0.1, -0.05) is 6.07 Å². The summed E-state index contributed by atoms with van der Waals surface area (Å²) in [4.78, 5) is 1.28. The Balaban J connectivity index is 0.000000720. The van der Waals surface area contributed by atoms with E-state index in [1.807, 2.05) is 0 Å². The van der Waals surface area contributed by atoms with Gasteiger partial charge in [-0.2, -0.15) is 0 Å². The Morgan fingerprint density at radius 1 is 1.58 bits per heavy atom. The molecule has 1 aliphatic heterocycles. The third kappa shape index (κ3) is 2.20. The lowest BCUT2D eigenvalue weighted by atomic mass is 10.3. The van der Waals surface area contributed by atoms with Gasteiger partial charge in [0.05, 0.1) is 6.61 Å². The van der Waals surface area contributed by atoms with Gasteiger partial charge in [-0.05, 0) is 17.9 Å². The van der Waals surface area contributed by atoms with Crippen molar-refractivity contribution in [3.63, 3.8) is 0 Å². The Kier molecular flexibility index (Phi) is 4.01. The summed E-state index contributed by atoms with van der Waals surface area (Å²) in [7, 11) is 0. The van der Waals surface area contributed by atoms with Crippen LogP contribution in [0.1, 0.15) is 17.5 Å². The molecule has 0 aliphatic carbocycles. The van der Waals surface area contributed by atoms with Gasteiger partial charge in [0.25, 0.3) is 0 Å². The van der Waals surface area contributed by atoms with Crippen LogP contribution in [0.2, 0.25) is 0 Å². The molecule has 1 aliphatic rings. The lowest BCUT2D eigenvalue weighted by Crippen LogP contribution is -2.30. The molecule has 1 N–H and O–H groups in total. The molecule has 1 aromatic heterocycles. The second-order valence-electron chi connectivity index (χ2n) is 2.57. The lowest BCUT2D eigenvalue weighted by Gasteiger charge is -2.22. The Bertz CT molecular complexity index is 209. The Hall–Kier alpha value is -0.0900. The van der Waals surface area contributed by atoms with Gasteiger partial charge in [-0.3, -0.25) is 5.32 Å². The number of halogens is 1. The molecule has 0 saturated carbocycles. The predicted octanol–water partition coefficient (Wildman–Crippen LogP) is 2.18. The maximum atomic E-state index is 5.52. The molecule has 2 rings (SSSR count). The Labute approximate surface area is 82.3 Å². The molecule has 1 fully saturated rings. The van der Waals surface area contributed by atoms with Crippen LogP contribution in [0.15, 0.2) is 17.5 Å². The summed E-state index contributed by atoms with van der Waals surface area (Å²) in [5.74, 6) is 0. The molecule has 2 heterocycles. The van der Waals surface area contributed by atoms with E-state index in [1.165, 1.54) is 4.88 Å². The van der Waals surface area contributed by atoms with Crippen LogP contribution >= 0.6 is 23.7 Å². The molecule has 12 heavy (non-hydrogen) atoms. The summed E-state index contributed by atoms with van der Waals surface area (Å²) in [6.45, 7) is 1.96. The van der Waals surface area contributed by atoms with Crippen LogP contribution in [0.3, 0.4) is 0 Å². The summed E-state index contributed by atoms with van der Waals surface area (Å²) in [6, 6.07) is 4.16. The van der Waals surface area contributed by atoms with Gasteiger partial charge in [0, 0.05) is 11.4 Å². The first-order valence-electron chi connectivity index (χ1n) is 3.85. The molecule has 0 spiro atoms. The fourth-order valence-electron chi connectivity index (χ4n) is 1.19. The van der Waals surface area contributed by atoms with Crippen LogP contribution in [0.5, 0.6) is 0 Å². The summed E-state index contributed by atoms with van der Waals surface area (Å²) >= 11 is 1.74. The maximum Gasteiger partial charge on any atom is 0.143 e. The third-order valence-electron chi connectivity index (χ3n) is 1.74. The van der Waals surface area contributed by atoms with Crippen LogP contribution < -0.4 is 5.32 Å². The van der Waals surface area contributed by atoms with Crippen molar-refractivity contribution in [2.75, 3.05) is 13.2 Å². The van der Waals surface area contributed by atoms with E-state index in [4.69, 9.17) is 4.74 Å². The highest BCUT2D eigenvalue weighted by Crippen LogP contribution is 2.21. The third-order valence-corrected chi connectivity index (χ3v) is 2.65. The molecule has 0 radical (unpaired) electrons. The van der Waals surface area contributed by atoms with Gasteiger partial charge in [0.2, 0.25) is 0 Å². The van der Waals surface area contributed by atoms with Crippen molar-refractivity contribution < 1.29 is 4.74 Å². The van der Waals surface area contributed by atoms with Crippen LogP contribution in [0.25, 0.3) is 0 Å². The second-order valence-corrected chi connectivity index (χ2v) is 3.55. The largest absolute Gasteiger partial charge is 0.358 e. The van der Waals surface area contributed by atoms with E-state index in [-0.39, 0.29) is 18.6 Å². The highest BCUT2D eigenvalue weighted by atomic mass is 35.5. The van der Waals surface area contributed by atoms with E-state index in [9.17, 15) is 0 Å². The highest BCUT2D eigenvalue weighted by Gasteiger charge is 2.14. The van der Waals surface area contributed by atoms with Gasteiger partial charge in [0.1, 0.15) is 6.23 Å². The molecular weight excluding hydrogens is 194 g/mol. The number of nitrogens with one attached hydrogen (secondary N) is 1. The summed E-state index contributed by atoms with van der Waals surface area (Å²) < 4.78 is 5.52. The molecule has 0 amide bonds. The number of thiophene rings is 1. The zero-order valence-electron chi connectivity index (χ0n) is 6.66. The fraction of sp³-hybridized carbons (Fsp3) is 0.500. The van der Waals surface area contributed by atoms with Gasteiger partial charge in [-0.15, -0.1) is 23.7 Å². The molecule has 4 heteroatoms. The minimum absolute atomic E-state index is 0. The number of ether oxygens (including phenoxy) is 1. The second kappa shape index (κ2) is 4.82. The molecule has 1 unspecified atom stereocenters. The Morgan fingerprint density at radius 2 is 2.50 bits per heavy atom. The van der Waals surface area contributed by atoms with E-state index in [0.717, 1.165) is 19.6 Å². The van der Waals surface area contributed by atoms with Crippen LogP contribution in [0.4, 0.5) is 0 Å². The van der Waals surface area contributed by atoms with Crippen molar-refractivity contribution in [1.29, 1.82) is 0 Å².